The van der Waals surface area contributed by atoms with E-state index in [1.807, 2.05) is 64.1 Å². The second-order valence-electron chi connectivity index (χ2n) is 8.99. The Hall–Kier alpha value is -3.52. The van der Waals surface area contributed by atoms with Crippen molar-refractivity contribution in [2.75, 3.05) is 5.75 Å². The summed E-state index contributed by atoms with van der Waals surface area (Å²) in [6.07, 6.45) is 0.134. The number of hydrogen-bond donors (Lipinski definition) is 2. The third-order valence-electron chi connectivity index (χ3n) is 6.58. The van der Waals surface area contributed by atoms with Crippen molar-refractivity contribution >= 4 is 45.6 Å². The number of aliphatic carboxylic acids is 1. The zero-order chi connectivity index (χ0) is 26.0. The highest BCUT2D eigenvalue weighted by Gasteiger charge is 2.22. The zero-order valence-corrected chi connectivity index (χ0v) is 21.6. The number of fused-ring (bicyclic) bond motifs is 2. The summed E-state index contributed by atoms with van der Waals surface area (Å²) in [5.74, 6) is 0.201. The van der Waals surface area contributed by atoms with Crippen LogP contribution in [0.1, 0.15) is 40.0 Å². The highest BCUT2D eigenvalue weighted by atomic mass is 32.2. The van der Waals surface area contributed by atoms with Crippen LogP contribution in [-0.2, 0) is 21.8 Å². The first-order valence-electron chi connectivity index (χ1n) is 11.8. The summed E-state index contributed by atoms with van der Waals surface area (Å²) in [4.78, 5) is 37.1. The van der Waals surface area contributed by atoms with Crippen molar-refractivity contribution in [2.45, 2.75) is 52.3 Å². The normalized spacial score (nSPS) is 12.2. The summed E-state index contributed by atoms with van der Waals surface area (Å²) >= 11 is 1.44. The van der Waals surface area contributed by atoms with E-state index in [1.54, 1.807) is 0 Å². The molecule has 2 N–H and O–H groups in total. The molecule has 0 bridgehead atoms. The number of nitrogens with one attached hydrogen (secondary N) is 1. The Morgan fingerprint density at radius 2 is 1.64 bits per heavy atom. The van der Waals surface area contributed by atoms with E-state index in [0.717, 1.165) is 38.8 Å². The fraction of sp³-hybridized carbons (Fsp3) is 0.321. The maximum Gasteiger partial charge on any atom is 0.339 e. The maximum atomic E-state index is 12.8. The van der Waals surface area contributed by atoms with Crippen LogP contribution in [0, 0.1) is 27.7 Å². The van der Waals surface area contributed by atoms with Crippen molar-refractivity contribution in [3.8, 4) is 0 Å². The van der Waals surface area contributed by atoms with E-state index in [9.17, 15) is 19.5 Å². The van der Waals surface area contributed by atoms with Crippen molar-refractivity contribution < 1.29 is 23.5 Å². The minimum absolute atomic E-state index is 0.0185. The molecule has 7 nitrogen and oxygen atoms in total. The predicted octanol–water partition coefficient (Wildman–Crippen LogP) is 5.21. The molecule has 0 radical (unpaired) electrons. The van der Waals surface area contributed by atoms with Gasteiger partial charge >= 0.3 is 11.6 Å². The summed E-state index contributed by atoms with van der Waals surface area (Å²) in [5, 5.41) is 13.9. The number of aryl methyl sites for hydroxylation is 4. The first kappa shape index (κ1) is 25.6. The van der Waals surface area contributed by atoms with Crippen LogP contribution in [0.2, 0.25) is 0 Å². The van der Waals surface area contributed by atoms with Gasteiger partial charge < -0.3 is 19.3 Å². The summed E-state index contributed by atoms with van der Waals surface area (Å²) in [5.41, 5.74) is 4.75. The number of carboxylic acid groups (broad SMARTS) is 1. The molecule has 0 fully saturated rings. The molecule has 0 spiro atoms. The molecule has 0 aliphatic rings. The second kappa shape index (κ2) is 10.6. The van der Waals surface area contributed by atoms with E-state index in [0.29, 0.717) is 22.5 Å². The molecule has 4 rings (SSSR count). The van der Waals surface area contributed by atoms with E-state index in [1.165, 1.54) is 11.8 Å². The number of carbonyl (C=O) groups excluding carboxylic acids is 1. The molecule has 1 atom stereocenters. The van der Waals surface area contributed by atoms with Gasteiger partial charge in [0.15, 0.2) is 0 Å². The second-order valence-corrected chi connectivity index (χ2v) is 10.0. The Balaban J connectivity index is 1.47. The van der Waals surface area contributed by atoms with Gasteiger partial charge in [0, 0.05) is 39.8 Å². The lowest BCUT2D eigenvalue weighted by atomic mass is 9.98. The molecule has 188 valence electrons. The van der Waals surface area contributed by atoms with Crippen LogP contribution in [0.15, 0.2) is 50.0 Å². The van der Waals surface area contributed by atoms with Crippen LogP contribution in [-0.4, -0.2) is 28.8 Å². The van der Waals surface area contributed by atoms with E-state index in [-0.39, 0.29) is 18.6 Å². The summed E-state index contributed by atoms with van der Waals surface area (Å²) in [6, 6.07) is 10.7. The van der Waals surface area contributed by atoms with Gasteiger partial charge in [-0.25, -0.2) is 9.59 Å². The molecule has 2 aromatic carbocycles. The van der Waals surface area contributed by atoms with Crippen molar-refractivity contribution in [3.05, 3.63) is 80.4 Å². The number of benzene rings is 2. The molecule has 2 aromatic heterocycles. The van der Waals surface area contributed by atoms with Gasteiger partial charge in [-0.05, 0) is 56.9 Å². The van der Waals surface area contributed by atoms with Crippen LogP contribution in [0.4, 0.5) is 0 Å². The molecule has 0 aliphatic heterocycles. The molecule has 2 heterocycles. The lowest BCUT2D eigenvalue weighted by molar-refractivity contribution is -0.141. The Labute approximate surface area is 212 Å². The van der Waals surface area contributed by atoms with Crippen LogP contribution in [0.3, 0.4) is 0 Å². The summed E-state index contributed by atoms with van der Waals surface area (Å²) in [6.45, 7) is 7.60. The van der Waals surface area contributed by atoms with Crippen LogP contribution in [0.5, 0.6) is 0 Å². The number of amides is 1. The summed E-state index contributed by atoms with van der Waals surface area (Å²) < 4.78 is 11.5. The fourth-order valence-corrected chi connectivity index (χ4v) is 5.34. The van der Waals surface area contributed by atoms with Crippen molar-refractivity contribution in [1.29, 1.82) is 0 Å². The number of thioether (sulfide) groups is 1. The minimum Gasteiger partial charge on any atom is -0.480 e. The Morgan fingerprint density at radius 1 is 0.972 bits per heavy atom. The minimum atomic E-state index is -1.09. The maximum absolute atomic E-state index is 12.8. The van der Waals surface area contributed by atoms with Gasteiger partial charge in [-0.3, -0.25) is 4.79 Å². The van der Waals surface area contributed by atoms with Crippen molar-refractivity contribution in [1.82, 2.24) is 5.32 Å². The number of carboxylic acids is 1. The quantitative estimate of drug-likeness (QED) is 0.299. The molecule has 0 unspecified atom stereocenters. The van der Waals surface area contributed by atoms with E-state index < -0.39 is 23.5 Å². The number of carbonyl (C=O) groups is 2. The van der Waals surface area contributed by atoms with Gasteiger partial charge in [-0.2, -0.15) is 11.8 Å². The molecule has 0 saturated carbocycles. The first-order valence-corrected chi connectivity index (χ1v) is 12.9. The van der Waals surface area contributed by atoms with Gasteiger partial charge in [0.1, 0.15) is 23.0 Å². The molecule has 0 aliphatic carbocycles. The number of furan rings is 1. The van der Waals surface area contributed by atoms with E-state index >= 15 is 0 Å². The molecule has 8 heteroatoms. The number of rotatable bonds is 9. The Bertz CT molecular complexity index is 1500. The SMILES string of the molecule is Cc1oc2c(C)c3oc(=O)c(CCC(=O)N[C@H](CSCc4ccccc4)C(=O)O)c(C)c3cc2c1C. The highest BCUT2D eigenvalue weighted by molar-refractivity contribution is 7.98. The number of hydrogen-bond acceptors (Lipinski definition) is 6. The van der Waals surface area contributed by atoms with Gasteiger partial charge in [-0.1, -0.05) is 30.3 Å². The fourth-order valence-electron chi connectivity index (χ4n) is 4.33. The van der Waals surface area contributed by atoms with E-state index in [4.69, 9.17) is 8.83 Å². The standard InChI is InChI=1S/C28H29NO6S/c1-15-18(4)34-25-17(3)26-22(12-21(15)25)16(2)20(28(33)35-26)10-11-24(30)29-23(27(31)32)14-36-13-19-8-6-5-7-9-19/h5-9,12,23H,10-11,13-14H2,1-4H3,(H,29,30)(H,31,32)/t23-/m1/s1. The van der Waals surface area contributed by atoms with Gasteiger partial charge in [0.05, 0.1) is 0 Å². The third kappa shape index (κ3) is 5.18. The van der Waals surface area contributed by atoms with Gasteiger partial charge in [0.2, 0.25) is 5.91 Å². The molecular formula is C28H29NO6S. The van der Waals surface area contributed by atoms with Gasteiger partial charge in [-0.15, -0.1) is 0 Å². The molecule has 36 heavy (non-hydrogen) atoms. The molecule has 1 amide bonds. The zero-order valence-electron chi connectivity index (χ0n) is 20.8. The Kier molecular flexibility index (Phi) is 7.54. The van der Waals surface area contributed by atoms with Crippen molar-refractivity contribution in [3.63, 3.8) is 0 Å². The van der Waals surface area contributed by atoms with Crippen molar-refractivity contribution in [2.24, 2.45) is 0 Å². The average Bonchev–Trinajstić information content (AvgIpc) is 3.13. The molecule has 0 saturated heterocycles. The van der Waals surface area contributed by atoms with Crippen LogP contribution < -0.4 is 10.9 Å². The monoisotopic (exact) mass is 507 g/mol. The van der Waals surface area contributed by atoms with Gasteiger partial charge in [0.25, 0.3) is 0 Å². The van der Waals surface area contributed by atoms with Crippen LogP contribution >= 0.6 is 11.8 Å². The third-order valence-corrected chi connectivity index (χ3v) is 7.68. The lowest BCUT2D eigenvalue weighted by Gasteiger charge is -2.15. The van der Waals surface area contributed by atoms with Crippen LogP contribution in [0.25, 0.3) is 21.9 Å². The topological polar surface area (TPSA) is 110 Å². The largest absolute Gasteiger partial charge is 0.480 e. The summed E-state index contributed by atoms with van der Waals surface area (Å²) in [7, 11) is 0. The molecular weight excluding hydrogens is 478 g/mol. The lowest BCUT2D eigenvalue weighted by Crippen LogP contribution is -2.42. The Morgan fingerprint density at radius 3 is 2.33 bits per heavy atom. The van der Waals surface area contributed by atoms with E-state index in [2.05, 4.69) is 5.32 Å². The molecule has 4 aromatic rings. The smallest absolute Gasteiger partial charge is 0.339 e. The predicted molar refractivity (Wildman–Crippen MR) is 142 cm³/mol. The first-order chi connectivity index (χ1) is 17.2. The average molecular weight is 508 g/mol. The highest BCUT2D eigenvalue weighted by Crippen LogP contribution is 2.34.